The molecule has 2 aromatic heterocycles. The van der Waals surface area contributed by atoms with Gasteiger partial charge in [-0.05, 0) is 38.7 Å². The maximum Gasteiger partial charge on any atom is 0.291 e. The van der Waals surface area contributed by atoms with Crippen LogP contribution in [0.25, 0.3) is 11.7 Å². The van der Waals surface area contributed by atoms with Crippen molar-refractivity contribution >= 4 is 23.5 Å². The molecule has 0 radical (unpaired) electrons. The van der Waals surface area contributed by atoms with Crippen LogP contribution in [0.1, 0.15) is 48.5 Å². The molecule has 33 heavy (non-hydrogen) atoms. The van der Waals surface area contributed by atoms with E-state index in [1.807, 2.05) is 6.92 Å². The first-order chi connectivity index (χ1) is 15.8. The zero-order chi connectivity index (χ0) is 23.3. The number of hydrogen-bond acceptors (Lipinski definition) is 6. The normalized spacial score (nSPS) is 22.1. The topological polar surface area (TPSA) is 118 Å². The summed E-state index contributed by atoms with van der Waals surface area (Å²) in [6, 6.07) is -0.100. The van der Waals surface area contributed by atoms with Crippen LogP contribution in [-0.4, -0.2) is 73.5 Å². The summed E-state index contributed by atoms with van der Waals surface area (Å²) in [6.07, 6.45) is 6.47. The number of amides is 2. The summed E-state index contributed by atoms with van der Waals surface area (Å²) in [5.74, 6) is -1.53. The lowest BCUT2D eigenvalue weighted by molar-refractivity contribution is -0.133. The number of carbonyl (C=O) groups excluding carboxylic acids is 2. The fourth-order valence-corrected chi connectivity index (χ4v) is 4.05. The second-order valence-corrected chi connectivity index (χ2v) is 9.11. The van der Waals surface area contributed by atoms with Crippen molar-refractivity contribution < 1.29 is 23.8 Å². The highest BCUT2D eigenvalue weighted by Gasteiger charge is 2.45. The number of carbonyl (C=O) groups is 2. The third-order valence-electron chi connectivity index (χ3n) is 6.34. The molecule has 3 fully saturated rings. The van der Waals surface area contributed by atoms with Gasteiger partial charge in [0.05, 0.1) is 32.0 Å². The van der Waals surface area contributed by atoms with Crippen molar-refractivity contribution in [1.82, 2.24) is 24.4 Å². The van der Waals surface area contributed by atoms with E-state index in [1.54, 1.807) is 4.90 Å². The fraction of sp³-hybridized carbons (Fsp3) is 0.545. The van der Waals surface area contributed by atoms with E-state index >= 15 is 0 Å². The molecule has 1 unspecified atom stereocenters. The highest BCUT2D eigenvalue weighted by atomic mass is 19.1. The van der Waals surface area contributed by atoms with Crippen LogP contribution in [0, 0.1) is 0 Å². The Kier molecular flexibility index (Phi) is 5.23. The van der Waals surface area contributed by atoms with Crippen molar-refractivity contribution in [2.24, 2.45) is 0 Å². The van der Waals surface area contributed by atoms with Gasteiger partial charge in [-0.15, -0.1) is 0 Å². The van der Waals surface area contributed by atoms with Crippen LogP contribution >= 0.6 is 0 Å². The number of aromatic nitrogens is 3. The van der Waals surface area contributed by atoms with E-state index in [0.29, 0.717) is 38.2 Å². The summed E-state index contributed by atoms with van der Waals surface area (Å²) in [5, 5.41) is 17.7. The fourth-order valence-electron chi connectivity index (χ4n) is 4.05. The van der Waals surface area contributed by atoms with Crippen LogP contribution in [-0.2, 0) is 16.1 Å². The van der Waals surface area contributed by atoms with Crippen LogP contribution in [0.4, 0.5) is 4.39 Å². The first-order valence-corrected chi connectivity index (χ1v) is 11.2. The number of hydrogen-bond donors (Lipinski definition) is 2. The summed E-state index contributed by atoms with van der Waals surface area (Å²) < 4.78 is 22.3. The van der Waals surface area contributed by atoms with Gasteiger partial charge in [-0.2, -0.15) is 9.61 Å². The van der Waals surface area contributed by atoms with Gasteiger partial charge in [0.25, 0.3) is 11.5 Å². The van der Waals surface area contributed by atoms with Crippen molar-refractivity contribution in [3.8, 4) is 5.88 Å². The van der Waals surface area contributed by atoms with E-state index in [2.05, 4.69) is 10.4 Å². The number of alkyl halides is 1. The van der Waals surface area contributed by atoms with E-state index in [9.17, 15) is 23.9 Å². The average Bonchev–Trinajstić information content (AvgIpc) is 3.69. The van der Waals surface area contributed by atoms with Crippen molar-refractivity contribution in [1.29, 1.82) is 0 Å². The van der Waals surface area contributed by atoms with Crippen LogP contribution in [0.2, 0.25) is 0 Å². The molecule has 1 atom stereocenters. The Labute approximate surface area is 188 Å². The van der Waals surface area contributed by atoms with Gasteiger partial charge in [0, 0.05) is 24.2 Å². The predicted molar refractivity (Wildman–Crippen MR) is 116 cm³/mol. The standard InChI is InChI=1S/C22H26FN5O5/c1-13-11-33-9-8-26(13)16(29)5-2-14-10-24-28-19(14)27(12-22(23)6-7-22)20(31)17(21(28)32)18(30)25-15-3-4-15/h2,5,10,13,15,31H,3-4,6-9,11-12H2,1H3,(H,25,30). The Morgan fingerprint density at radius 2 is 2.15 bits per heavy atom. The molecular weight excluding hydrogens is 433 g/mol. The number of nitrogens with zero attached hydrogens (tertiary/aromatic N) is 4. The number of halogens is 1. The molecule has 3 aliphatic rings. The summed E-state index contributed by atoms with van der Waals surface area (Å²) in [6.45, 7) is 3.04. The number of aromatic hydroxyl groups is 1. The third kappa shape index (κ3) is 4.12. The van der Waals surface area contributed by atoms with E-state index in [1.165, 1.54) is 22.9 Å². The predicted octanol–water partition coefficient (Wildman–Crippen LogP) is 0.856. The number of ether oxygens (including phenoxy) is 1. The summed E-state index contributed by atoms with van der Waals surface area (Å²) in [5.41, 5.74) is -2.30. The van der Waals surface area contributed by atoms with Gasteiger partial charge >= 0.3 is 0 Å². The molecule has 10 nitrogen and oxygen atoms in total. The van der Waals surface area contributed by atoms with E-state index in [0.717, 1.165) is 17.4 Å². The lowest BCUT2D eigenvalue weighted by Gasteiger charge is -2.32. The van der Waals surface area contributed by atoms with Crippen molar-refractivity contribution in [3.05, 3.63) is 33.8 Å². The maximum absolute atomic E-state index is 14.8. The van der Waals surface area contributed by atoms with Gasteiger partial charge in [-0.1, -0.05) is 0 Å². The molecule has 0 spiro atoms. The molecular formula is C22H26FN5O5. The molecule has 176 valence electrons. The van der Waals surface area contributed by atoms with Crippen LogP contribution in [0.5, 0.6) is 5.88 Å². The third-order valence-corrected chi connectivity index (χ3v) is 6.34. The monoisotopic (exact) mass is 459 g/mol. The minimum Gasteiger partial charge on any atom is -0.494 e. The van der Waals surface area contributed by atoms with Gasteiger partial charge in [0.1, 0.15) is 11.3 Å². The zero-order valence-electron chi connectivity index (χ0n) is 18.3. The Morgan fingerprint density at radius 1 is 1.39 bits per heavy atom. The van der Waals surface area contributed by atoms with Crippen LogP contribution in [0.15, 0.2) is 17.1 Å². The summed E-state index contributed by atoms with van der Waals surface area (Å²) in [4.78, 5) is 40.0. The molecule has 3 heterocycles. The minimum atomic E-state index is -1.53. The minimum absolute atomic E-state index is 0.0268. The molecule has 5 rings (SSSR count). The Hall–Kier alpha value is -3.21. The molecule has 2 aliphatic carbocycles. The largest absolute Gasteiger partial charge is 0.494 e. The smallest absolute Gasteiger partial charge is 0.291 e. The molecule has 1 aliphatic heterocycles. The second-order valence-electron chi connectivity index (χ2n) is 9.11. The van der Waals surface area contributed by atoms with Crippen molar-refractivity contribution in [2.45, 2.75) is 56.9 Å². The lowest BCUT2D eigenvalue weighted by Crippen LogP contribution is -2.46. The van der Waals surface area contributed by atoms with Gasteiger partial charge in [-0.3, -0.25) is 19.0 Å². The maximum atomic E-state index is 14.8. The van der Waals surface area contributed by atoms with Gasteiger partial charge < -0.3 is 20.1 Å². The highest BCUT2D eigenvalue weighted by Crippen LogP contribution is 2.42. The van der Waals surface area contributed by atoms with Crippen LogP contribution < -0.4 is 10.9 Å². The van der Waals surface area contributed by atoms with E-state index in [-0.39, 0.29) is 30.2 Å². The number of nitrogens with one attached hydrogen (secondary N) is 1. The van der Waals surface area contributed by atoms with Gasteiger partial charge in [0.2, 0.25) is 11.8 Å². The van der Waals surface area contributed by atoms with Crippen molar-refractivity contribution in [3.63, 3.8) is 0 Å². The first kappa shape index (κ1) is 21.6. The molecule has 2 aromatic rings. The molecule has 2 N–H and O–H groups in total. The Morgan fingerprint density at radius 3 is 2.82 bits per heavy atom. The zero-order valence-corrected chi connectivity index (χ0v) is 18.3. The summed E-state index contributed by atoms with van der Waals surface area (Å²) >= 11 is 0. The van der Waals surface area contributed by atoms with E-state index in [4.69, 9.17) is 4.74 Å². The lowest BCUT2D eigenvalue weighted by atomic mass is 10.2. The molecule has 0 bridgehead atoms. The molecule has 11 heteroatoms. The van der Waals surface area contributed by atoms with Gasteiger partial charge in [0.15, 0.2) is 5.56 Å². The Bertz CT molecular complexity index is 1210. The average molecular weight is 459 g/mol. The number of fused-ring (bicyclic) bond motifs is 1. The molecule has 2 amide bonds. The van der Waals surface area contributed by atoms with Gasteiger partial charge in [-0.25, -0.2) is 4.39 Å². The SMILES string of the molecule is CC1COCCN1C(=O)C=Cc1cnn2c(=O)c(C(=O)NC3CC3)c(O)n(CC3(F)CC3)c12. The summed E-state index contributed by atoms with van der Waals surface area (Å²) in [7, 11) is 0. The highest BCUT2D eigenvalue weighted by molar-refractivity contribution is 5.97. The number of morpholine rings is 1. The first-order valence-electron chi connectivity index (χ1n) is 11.2. The number of rotatable bonds is 6. The van der Waals surface area contributed by atoms with Crippen LogP contribution in [0.3, 0.4) is 0 Å². The van der Waals surface area contributed by atoms with Crippen molar-refractivity contribution in [2.75, 3.05) is 19.8 Å². The second kappa shape index (κ2) is 7.98. The molecule has 2 saturated carbocycles. The molecule has 0 aromatic carbocycles. The molecule has 1 saturated heterocycles. The quantitative estimate of drug-likeness (QED) is 0.619. The van der Waals surface area contributed by atoms with E-state index < -0.39 is 28.6 Å². The Balaban J connectivity index is 1.55.